The maximum atomic E-state index is 3.64. The summed E-state index contributed by atoms with van der Waals surface area (Å²) < 4.78 is 11.9. The Hall–Kier alpha value is -2.86. The molecule has 3 aromatic carbocycles. The number of rotatable bonds is 3. The molecule has 0 amide bonds. The van der Waals surface area contributed by atoms with E-state index in [1.807, 2.05) is 54.6 Å². The first-order valence-corrected chi connectivity index (χ1v) is 16.3. The molecule has 0 N–H and O–H groups in total. The Morgan fingerprint density at radius 1 is 0.552 bits per heavy atom. The molecule has 0 aliphatic rings. The van der Waals surface area contributed by atoms with Crippen LogP contribution in [0.25, 0.3) is 0 Å². The normalized spacial score (nSPS) is 9.83. The SMILES string of the molecule is CCC[CH2][Sn]([C]#Cc1ccccc1)([C]#Cc1ccccc1)[C]#Cc1ccccc1. The molecule has 0 atom stereocenters. The van der Waals surface area contributed by atoms with Crippen LogP contribution in [0.3, 0.4) is 0 Å². The molecule has 0 aliphatic heterocycles. The van der Waals surface area contributed by atoms with Crippen LogP contribution >= 0.6 is 0 Å². The molecule has 3 rings (SSSR count). The molecule has 0 unspecified atom stereocenters. The van der Waals surface area contributed by atoms with Gasteiger partial charge in [0.05, 0.1) is 0 Å². The second kappa shape index (κ2) is 11.2. The molecule has 0 aromatic heterocycles. The van der Waals surface area contributed by atoms with Crippen LogP contribution in [0.15, 0.2) is 91.0 Å². The first-order chi connectivity index (χ1) is 14.3. The van der Waals surface area contributed by atoms with Crippen LogP contribution in [0.2, 0.25) is 4.44 Å². The summed E-state index contributed by atoms with van der Waals surface area (Å²) in [5.74, 6) is 10.2. The van der Waals surface area contributed by atoms with Crippen LogP contribution in [0, 0.1) is 29.6 Å². The van der Waals surface area contributed by atoms with E-state index in [-0.39, 0.29) is 0 Å². The van der Waals surface area contributed by atoms with Crippen molar-refractivity contribution in [1.82, 2.24) is 0 Å². The minimum atomic E-state index is -3.36. The Kier molecular flexibility index (Phi) is 8.07. The molecule has 0 saturated carbocycles. The van der Waals surface area contributed by atoms with Gasteiger partial charge in [-0.1, -0.05) is 0 Å². The quantitative estimate of drug-likeness (QED) is 0.319. The third-order valence-electron chi connectivity index (χ3n) is 4.49. The van der Waals surface area contributed by atoms with Crippen LogP contribution in [0.4, 0.5) is 0 Å². The van der Waals surface area contributed by atoms with Crippen LogP contribution in [0.5, 0.6) is 0 Å². The van der Waals surface area contributed by atoms with E-state index in [4.69, 9.17) is 0 Å². The van der Waals surface area contributed by atoms with Gasteiger partial charge in [-0.2, -0.15) is 0 Å². The first-order valence-electron chi connectivity index (χ1n) is 10.0. The first kappa shape index (κ1) is 20.9. The fourth-order valence-electron chi connectivity index (χ4n) is 2.82. The van der Waals surface area contributed by atoms with Gasteiger partial charge >= 0.3 is 180 Å². The van der Waals surface area contributed by atoms with E-state index in [2.05, 4.69) is 72.9 Å². The van der Waals surface area contributed by atoms with Gasteiger partial charge < -0.3 is 0 Å². The minimum absolute atomic E-state index is 1.03. The van der Waals surface area contributed by atoms with Gasteiger partial charge in [-0.15, -0.1) is 0 Å². The van der Waals surface area contributed by atoms with Crippen molar-refractivity contribution >= 4 is 18.4 Å². The molecular formula is C28H24Sn. The summed E-state index contributed by atoms with van der Waals surface area (Å²) in [6.45, 7) is 2.22. The third-order valence-corrected chi connectivity index (χ3v) is 12.4. The summed E-state index contributed by atoms with van der Waals surface area (Å²) >= 11 is -3.36. The van der Waals surface area contributed by atoms with Gasteiger partial charge in [0.1, 0.15) is 0 Å². The molecule has 0 saturated heterocycles. The van der Waals surface area contributed by atoms with Crippen molar-refractivity contribution in [1.29, 1.82) is 0 Å². The van der Waals surface area contributed by atoms with Gasteiger partial charge in [0, 0.05) is 0 Å². The average Bonchev–Trinajstić information content (AvgIpc) is 2.80. The van der Waals surface area contributed by atoms with E-state index >= 15 is 0 Å². The molecule has 0 bridgehead atoms. The van der Waals surface area contributed by atoms with Gasteiger partial charge in [0.15, 0.2) is 0 Å². The maximum absolute atomic E-state index is 3.64. The predicted molar refractivity (Wildman–Crippen MR) is 125 cm³/mol. The number of hydrogen-bond acceptors (Lipinski definition) is 0. The molecule has 29 heavy (non-hydrogen) atoms. The van der Waals surface area contributed by atoms with Crippen molar-refractivity contribution in [2.45, 2.75) is 24.2 Å². The number of hydrogen-bond donors (Lipinski definition) is 0. The molecule has 1 heteroatoms. The van der Waals surface area contributed by atoms with Crippen molar-refractivity contribution < 1.29 is 0 Å². The summed E-state index contributed by atoms with van der Waals surface area (Å²) in [6, 6.07) is 30.5. The van der Waals surface area contributed by atoms with E-state index in [1.54, 1.807) is 0 Å². The Morgan fingerprint density at radius 2 is 0.897 bits per heavy atom. The van der Waals surface area contributed by atoms with Crippen molar-refractivity contribution in [2.75, 3.05) is 0 Å². The van der Waals surface area contributed by atoms with Crippen LogP contribution in [0.1, 0.15) is 36.5 Å². The number of unbranched alkanes of at least 4 members (excludes halogenated alkanes) is 1. The van der Waals surface area contributed by atoms with Crippen LogP contribution in [-0.4, -0.2) is 18.4 Å². The van der Waals surface area contributed by atoms with Gasteiger partial charge in [-0.25, -0.2) is 0 Å². The third kappa shape index (κ3) is 6.91. The van der Waals surface area contributed by atoms with E-state index in [9.17, 15) is 0 Å². The molecule has 0 aliphatic carbocycles. The zero-order chi connectivity index (χ0) is 20.2. The monoisotopic (exact) mass is 480 g/mol. The van der Waals surface area contributed by atoms with Crippen molar-refractivity contribution in [3.8, 4) is 29.6 Å². The molecule has 3 aromatic rings. The fourth-order valence-corrected chi connectivity index (χ4v) is 10.0. The summed E-state index contributed by atoms with van der Waals surface area (Å²) in [4.78, 5) is 0. The Labute approximate surface area is 179 Å². The van der Waals surface area contributed by atoms with Gasteiger partial charge in [0.25, 0.3) is 0 Å². The molecule has 140 valence electrons. The summed E-state index contributed by atoms with van der Waals surface area (Å²) in [5, 5.41) is 0. The van der Waals surface area contributed by atoms with Gasteiger partial charge in [-0.3, -0.25) is 0 Å². The predicted octanol–water partition coefficient (Wildman–Crippen LogP) is 6.01. The average molecular weight is 479 g/mol. The van der Waals surface area contributed by atoms with Crippen molar-refractivity contribution in [2.24, 2.45) is 0 Å². The second-order valence-electron chi connectivity index (χ2n) is 6.86. The van der Waals surface area contributed by atoms with Gasteiger partial charge in [0.2, 0.25) is 0 Å². The van der Waals surface area contributed by atoms with Crippen molar-refractivity contribution in [3.05, 3.63) is 108 Å². The van der Waals surface area contributed by atoms with Crippen LogP contribution < -0.4 is 0 Å². The van der Waals surface area contributed by atoms with Crippen LogP contribution in [-0.2, 0) is 0 Å². The zero-order valence-electron chi connectivity index (χ0n) is 16.8. The Morgan fingerprint density at radius 3 is 1.21 bits per heavy atom. The topological polar surface area (TPSA) is 0 Å². The molecule has 0 nitrogen and oxygen atoms in total. The van der Waals surface area contributed by atoms with E-state index in [1.165, 1.54) is 0 Å². The number of benzene rings is 3. The zero-order valence-corrected chi connectivity index (χ0v) is 19.6. The summed E-state index contributed by atoms with van der Waals surface area (Å²) in [6.07, 6.45) is 2.25. The molecule has 0 spiro atoms. The molecule has 0 heterocycles. The molecular weight excluding hydrogens is 455 g/mol. The summed E-state index contributed by atoms with van der Waals surface area (Å²) in [5.41, 5.74) is 3.11. The second-order valence-corrected chi connectivity index (χ2v) is 15.6. The van der Waals surface area contributed by atoms with E-state index in [0.29, 0.717) is 0 Å². The standard InChI is InChI=1S/3C8H5.C4H9.Sn/c3*1-2-8-6-4-3-5-7-8;1-3-4-2;/h3*3-7H;1,3-4H2,2H3;. The molecule has 0 fully saturated rings. The van der Waals surface area contributed by atoms with E-state index < -0.39 is 18.4 Å². The fraction of sp³-hybridized carbons (Fsp3) is 0.143. The van der Waals surface area contributed by atoms with Crippen molar-refractivity contribution in [3.63, 3.8) is 0 Å². The Bertz CT molecular complexity index is 940. The van der Waals surface area contributed by atoms with Gasteiger partial charge in [-0.05, 0) is 0 Å². The summed E-state index contributed by atoms with van der Waals surface area (Å²) in [7, 11) is 0. The molecule has 0 radical (unpaired) electrons. The Balaban J connectivity index is 2.07. The van der Waals surface area contributed by atoms with E-state index in [0.717, 1.165) is 34.0 Å².